The number of amides is 1. The van der Waals surface area contributed by atoms with Crippen LogP contribution in [-0.2, 0) is 11.2 Å². The predicted molar refractivity (Wildman–Crippen MR) is 122 cm³/mol. The zero-order chi connectivity index (χ0) is 21.8. The van der Waals surface area contributed by atoms with Crippen molar-refractivity contribution in [2.45, 2.75) is 20.3 Å². The fourth-order valence-corrected chi connectivity index (χ4v) is 4.47. The maximum atomic E-state index is 13.4. The average Bonchev–Trinajstić information content (AvgIpc) is 3.14. The number of ether oxygens (including phenoxy) is 2. The Labute approximate surface area is 182 Å². The normalized spacial score (nSPS) is 11.2. The largest absolute Gasteiger partial charge is 0.495 e. The van der Waals surface area contributed by atoms with Crippen LogP contribution in [0.25, 0.3) is 10.2 Å². The van der Waals surface area contributed by atoms with Crippen LogP contribution in [0.5, 0.6) is 11.5 Å². The van der Waals surface area contributed by atoms with Gasteiger partial charge in [0.1, 0.15) is 21.7 Å². The number of nitrogens with zero attached hydrogens (tertiary/aromatic N) is 2. The first-order valence-corrected chi connectivity index (χ1v) is 10.8. The summed E-state index contributed by atoms with van der Waals surface area (Å²) in [6.07, 6.45) is 0.346. The number of rotatable bonds is 8. The Morgan fingerprint density at radius 2 is 1.80 bits per heavy atom. The molecule has 160 valence electrons. The van der Waals surface area contributed by atoms with Crippen molar-refractivity contribution in [2.24, 2.45) is 0 Å². The summed E-state index contributed by atoms with van der Waals surface area (Å²) in [6.45, 7) is 5.53. The van der Waals surface area contributed by atoms with Gasteiger partial charge in [0.2, 0.25) is 5.91 Å². The first kappa shape index (κ1) is 22.1. The van der Waals surface area contributed by atoms with Gasteiger partial charge in [-0.3, -0.25) is 9.69 Å². The van der Waals surface area contributed by atoms with Crippen molar-refractivity contribution < 1.29 is 19.2 Å². The first-order chi connectivity index (χ1) is 14.3. The Morgan fingerprint density at radius 1 is 1.10 bits per heavy atom. The summed E-state index contributed by atoms with van der Waals surface area (Å²) in [5.74, 6) is 1.45. The molecule has 0 fully saturated rings. The minimum Gasteiger partial charge on any atom is -0.495 e. The molecular formula is C23H30N3O3S+. The van der Waals surface area contributed by atoms with E-state index in [1.807, 2.05) is 18.2 Å². The van der Waals surface area contributed by atoms with Crippen LogP contribution < -0.4 is 19.3 Å². The van der Waals surface area contributed by atoms with Gasteiger partial charge in [0.15, 0.2) is 5.13 Å². The summed E-state index contributed by atoms with van der Waals surface area (Å²) < 4.78 is 11.9. The van der Waals surface area contributed by atoms with E-state index in [9.17, 15) is 4.79 Å². The van der Waals surface area contributed by atoms with E-state index < -0.39 is 0 Å². The molecule has 1 amide bonds. The Bertz CT molecular complexity index is 1000. The molecule has 2 aromatic carbocycles. The van der Waals surface area contributed by atoms with Gasteiger partial charge in [-0.05, 0) is 37.1 Å². The quantitative estimate of drug-likeness (QED) is 0.599. The molecule has 0 radical (unpaired) electrons. The summed E-state index contributed by atoms with van der Waals surface area (Å²) in [5.41, 5.74) is 4.10. The molecule has 1 N–H and O–H groups in total. The number of anilines is 1. The zero-order valence-corrected chi connectivity index (χ0v) is 19.4. The van der Waals surface area contributed by atoms with E-state index in [2.05, 4.69) is 40.1 Å². The number of methoxy groups -OCH3 is 2. The van der Waals surface area contributed by atoms with Gasteiger partial charge < -0.3 is 14.4 Å². The van der Waals surface area contributed by atoms with Crippen LogP contribution in [0.15, 0.2) is 30.3 Å². The highest BCUT2D eigenvalue weighted by molar-refractivity contribution is 7.22. The van der Waals surface area contributed by atoms with Crippen molar-refractivity contribution in [3.8, 4) is 11.5 Å². The minimum absolute atomic E-state index is 0.0418. The molecule has 7 heteroatoms. The number of hydrogen-bond donors (Lipinski definition) is 1. The molecule has 0 bridgehead atoms. The highest BCUT2D eigenvalue weighted by Gasteiger charge is 2.23. The fourth-order valence-electron chi connectivity index (χ4n) is 3.35. The van der Waals surface area contributed by atoms with Crippen LogP contribution in [0.2, 0.25) is 0 Å². The van der Waals surface area contributed by atoms with Crippen molar-refractivity contribution in [3.63, 3.8) is 0 Å². The molecule has 3 aromatic rings. The monoisotopic (exact) mass is 428 g/mol. The first-order valence-electron chi connectivity index (χ1n) is 10.0. The van der Waals surface area contributed by atoms with Gasteiger partial charge in [0.25, 0.3) is 0 Å². The van der Waals surface area contributed by atoms with Crippen molar-refractivity contribution in [1.82, 2.24) is 4.98 Å². The summed E-state index contributed by atoms with van der Waals surface area (Å²) in [4.78, 5) is 21.2. The number of fused-ring (bicyclic) bond motifs is 1. The summed E-state index contributed by atoms with van der Waals surface area (Å²) in [6, 6.07) is 9.93. The molecule has 0 saturated heterocycles. The molecule has 0 aliphatic carbocycles. The number of aromatic nitrogens is 1. The molecule has 0 aliphatic heterocycles. The maximum Gasteiger partial charge on any atom is 0.233 e. The number of hydrogen-bond acceptors (Lipinski definition) is 5. The lowest BCUT2D eigenvalue weighted by molar-refractivity contribution is -0.856. The number of aryl methyl sites for hydroxylation is 2. The second-order valence-corrected chi connectivity index (χ2v) is 8.73. The van der Waals surface area contributed by atoms with Crippen LogP contribution in [0.4, 0.5) is 5.13 Å². The number of likely N-dealkylation sites (N-methyl/N-ethyl adjacent to an activating group) is 1. The van der Waals surface area contributed by atoms with Crippen LogP contribution in [0.3, 0.4) is 0 Å². The molecule has 30 heavy (non-hydrogen) atoms. The Hall–Kier alpha value is -2.64. The van der Waals surface area contributed by atoms with E-state index in [4.69, 9.17) is 14.5 Å². The third kappa shape index (κ3) is 4.74. The third-order valence-corrected chi connectivity index (χ3v) is 6.20. The third-order valence-electron chi connectivity index (χ3n) is 5.11. The average molecular weight is 429 g/mol. The van der Waals surface area contributed by atoms with E-state index in [1.165, 1.54) is 21.8 Å². The minimum atomic E-state index is 0.0418. The van der Waals surface area contributed by atoms with Crippen LogP contribution >= 0.6 is 11.3 Å². The number of carbonyl (C=O) groups is 1. The van der Waals surface area contributed by atoms with Gasteiger partial charge in [-0.1, -0.05) is 35.1 Å². The molecule has 0 saturated carbocycles. The summed E-state index contributed by atoms with van der Waals surface area (Å²) >= 11 is 1.46. The predicted octanol–water partition coefficient (Wildman–Crippen LogP) is 2.65. The molecule has 1 aromatic heterocycles. The molecule has 0 spiro atoms. The van der Waals surface area contributed by atoms with Crippen molar-refractivity contribution in [2.75, 3.05) is 46.3 Å². The van der Waals surface area contributed by atoms with Crippen molar-refractivity contribution in [3.05, 3.63) is 47.0 Å². The second-order valence-electron chi connectivity index (χ2n) is 7.75. The number of quaternary nitrogens is 1. The lowest BCUT2D eigenvalue weighted by Gasteiger charge is -2.21. The Kier molecular flexibility index (Phi) is 6.95. The number of nitrogens with one attached hydrogen (secondary N) is 1. The zero-order valence-electron chi connectivity index (χ0n) is 18.5. The molecule has 1 heterocycles. The Morgan fingerprint density at radius 3 is 2.43 bits per heavy atom. The van der Waals surface area contributed by atoms with Crippen molar-refractivity contribution in [1.29, 1.82) is 0 Å². The van der Waals surface area contributed by atoms with Crippen LogP contribution in [0, 0.1) is 13.8 Å². The highest BCUT2D eigenvalue weighted by atomic mass is 32.1. The summed E-state index contributed by atoms with van der Waals surface area (Å²) in [5, 5.41) is 0.670. The molecule has 3 rings (SSSR count). The van der Waals surface area contributed by atoms with Crippen LogP contribution in [-0.4, -0.2) is 52.3 Å². The molecule has 6 nitrogen and oxygen atoms in total. The van der Waals surface area contributed by atoms with Gasteiger partial charge in [0.05, 0.1) is 47.8 Å². The lowest BCUT2D eigenvalue weighted by atomic mass is 10.0. The lowest BCUT2D eigenvalue weighted by Crippen LogP contribution is -3.06. The summed E-state index contributed by atoms with van der Waals surface area (Å²) in [7, 11) is 7.42. The van der Waals surface area contributed by atoms with Gasteiger partial charge in [-0.2, -0.15) is 0 Å². The standard InChI is InChI=1S/C23H29N3O3S/c1-15-7-8-17(16(2)13-15)14-20(27)26(12-11-25(3)4)23-24-21-18(28-5)9-10-19(29-6)22(21)30-23/h7-10,13H,11-12,14H2,1-6H3/p+1. The molecular weight excluding hydrogens is 398 g/mol. The SMILES string of the molecule is COc1ccc(OC)c2sc(N(CC[NH+](C)C)C(=O)Cc3ccc(C)cc3C)nc12. The van der Waals surface area contributed by atoms with Crippen molar-refractivity contribution >= 4 is 32.6 Å². The Balaban J connectivity index is 1.99. The topological polar surface area (TPSA) is 56.1 Å². The van der Waals surface area contributed by atoms with E-state index in [-0.39, 0.29) is 5.91 Å². The second kappa shape index (κ2) is 9.45. The van der Waals surface area contributed by atoms with Gasteiger partial charge in [-0.25, -0.2) is 4.98 Å². The van der Waals surface area contributed by atoms with E-state index in [0.717, 1.165) is 33.6 Å². The number of thiazole rings is 1. The molecule has 0 aliphatic rings. The van der Waals surface area contributed by atoms with E-state index >= 15 is 0 Å². The molecule has 0 unspecified atom stereocenters. The van der Waals surface area contributed by atoms with Gasteiger partial charge in [0, 0.05) is 0 Å². The highest BCUT2D eigenvalue weighted by Crippen LogP contribution is 2.40. The molecule has 0 atom stereocenters. The smallest absolute Gasteiger partial charge is 0.233 e. The van der Waals surface area contributed by atoms with E-state index in [0.29, 0.717) is 23.8 Å². The fraction of sp³-hybridized carbons (Fsp3) is 0.391. The van der Waals surface area contributed by atoms with Gasteiger partial charge in [-0.15, -0.1) is 0 Å². The van der Waals surface area contributed by atoms with E-state index in [1.54, 1.807) is 19.1 Å². The van der Waals surface area contributed by atoms with Crippen LogP contribution in [0.1, 0.15) is 16.7 Å². The van der Waals surface area contributed by atoms with Gasteiger partial charge >= 0.3 is 0 Å². The maximum absolute atomic E-state index is 13.4. The number of benzene rings is 2. The number of carbonyl (C=O) groups excluding carboxylic acids is 1.